The first-order valence-electron chi connectivity index (χ1n) is 4.14. The zero-order valence-electron chi connectivity index (χ0n) is 8.00. The molecule has 0 aliphatic rings. The fourth-order valence-electron chi connectivity index (χ4n) is 0.968. The van der Waals surface area contributed by atoms with E-state index in [4.69, 9.17) is 0 Å². The normalized spacial score (nSPS) is 10.2. The van der Waals surface area contributed by atoms with Crippen LogP contribution < -0.4 is 5.32 Å². The molecule has 0 atom stereocenters. The Morgan fingerprint density at radius 1 is 1.20 bits per heavy atom. The van der Waals surface area contributed by atoms with Gasteiger partial charge in [0.2, 0.25) is 0 Å². The van der Waals surface area contributed by atoms with Gasteiger partial charge >= 0.3 is 0 Å². The van der Waals surface area contributed by atoms with E-state index < -0.39 is 29.0 Å². The summed E-state index contributed by atoms with van der Waals surface area (Å²) in [6.07, 6.45) is 0. The number of rotatable bonds is 3. The van der Waals surface area contributed by atoms with Crippen molar-refractivity contribution < 1.29 is 17.6 Å². The van der Waals surface area contributed by atoms with E-state index in [1.807, 2.05) is 0 Å². The molecule has 0 aromatic heterocycles. The molecule has 0 bridgehead atoms. The first-order chi connectivity index (χ1) is 6.93. The summed E-state index contributed by atoms with van der Waals surface area (Å²) < 4.78 is 51.4. The molecule has 1 N–H and O–H groups in total. The summed E-state index contributed by atoms with van der Waals surface area (Å²) >= 11 is 0. The summed E-state index contributed by atoms with van der Waals surface area (Å²) in [4.78, 5) is 0. The largest absolute Gasteiger partial charge is 0.376 e. The SMILES string of the molecule is C=C(C)CNc1c(F)c(F)cc(F)c1F. The highest BCUT2D eigenvalue weighted by molar-refractivity contribution is 5.48. The quantitative estimate of drug-likeness (QED) is 0.467. The molecule has 15 heavy (non-hydrogen) atoms. The lowest BCUT2D eigenvalue weighted by molar-refractivity contribution is 0.458. The van der Waals surface area contributed by atoms with Crippen molar-refractivity contribution in [2.75, 3.05) is 11.9 Å². The fraction of sp³-hybridized carbons (Fsp3) is 0.200. The first-order valence-corrected chi connectivity index (χ1v) is 4.14. The zero-order chi connectivity index (χ0) is 11.6. The first kappa shape index (κ1) is 11.6. The van der Waals surface area contributed by atoms with Crippen LogP contribution in [0.25, 0.3) is 0 Å². The summed E-state index contributed by atoms with van der Waals surface area (Å²) in [7, 11) is 0. The molecule has 0 aliphatic carbocycles. The molecule has 5 heteroatoms. The molecule has 0 spiro atoms. The van der Waals surface area contributed by atoms with E-state index in [1.165, 1.54) is 0 Å². The lowest BCUT2D eigenvalue weighted by Crippen LogP contribution is -2.08. The molecule has 1 aromatic rings. The predicted molar refractivity (Wildman–Crippen MR) is 49.6 cm³/mol. The van der Waals surface area contributed by atoms with E-state index >= 15 is 0 Å². The Bertz CT molecular complexity index is 375. The Labute approximate surface area is 84.4 Å². The van der Waals surface area contributed by atoms with Crippen molar-refractivity contribution in [3.63, 3.8) is 0 Å². The Kier molecular flexibility index (Phi) is 3.34. The molecule has 0 heterocycles. The van der Waals surface area contributed by atoms with Gasteiger partial charge in [-0.05, 0) is 6.92 Å². The Hall–Kier alpha value is -1.52. The van der Waals surface area contributed by atoms with Crippen LogP contribution in [0, 0.1) is 23.3 Å². The number of anilines is 1. The zero-order valence-corrected chi connectivity index (χ0v) is 8.00. The van der Waals surface area contributed by atoms with E-state index in [2.05, 4.69) is 11.9 Å². The van der Waals surface area contributed by atoms with E-state index in [1.54, 1.807) is 6.92 Å². The van der Waals surface area contributed by atoms with Gasteiger partial charge in [0.1, 0.15) is 5.69 Å². The Balaban J connectivity index is 3.09. The van der Waals surface area contributed by atoms with Crippen molar-refractivity contribution >= 4 is 5.69 Å². The number of halogens is 4. The molecular weight excluding hydrogens is 210 g/mol. The van der Waals surface area contributed by atoms with E-state index in [-0.39, 0.29) is 12.6 Å². The molecule has 1 rings (SSSR count). The predicted octanol–water partition coefficient (Wildman–Crippen LogP) is 3.23. The van der Waals surface area contributed by atoms with Gasteiger partial charge in [0.05, 0.1) is 0 Å². The van der Waals surface area contributed by atoms with E-state index in [9.17, 15) is 17.6 Å². The highest BCUT2D eigenvalue weighted by Gasteiger charge is 2.18. The minimum Gasteiger partial charge on any atom is -0.376 e. The van der Waals surface area contributed by atoms with Crippen molar-refractivity contribution in [1.82, 2.24) is 0 Å². The molecule has 0 amide bonds. The summed E-state index contributed by atoms with van der Waals surface area (Å²) in [5.41, 5.74) is -0.228. The standard InChI is InChI=1S/C10H9F4N/c1-5(2)4-15-10-8(13)6(11)3-7(12)9(10)14/h3,15H,1,4H2,2H3. The molecule has 1 aromatic carbocycles. The Morgan fingerprint density at radius 2 is 1.67 bits per heavy atom. The van der Waals surface area contributed by atoms with E-state index in [0.29, 0.717) is 5.57 Å². The fourth-order valence-corrected chi connectivity index (χ4v) is 0.968. The molecule has 0 radical (unpaired) electrons. The summed E-state index contributed by atoms with van der Waals surface area (Å²) in [6.45, 7) is 5.13. The third-order valence-corrected chi connectivity index (χ3v) is 1.68. The van der Waals surface area contributed by atoms with Crippen molar-refractivity contribution in [3.8, 4) is 0 Å². The smallest absolute Gasteiger partial charge is 0.185 e. The second-order valence-electron chi connectivity index (χ2n) is 3.15. The lowest BCUT2D eigenvalue weighted by atomic mass is 10.2. The molecule has 1 nitrogen and oxygen atoms in total. The van der Waals surface area contributed by atoms with Gasteiger partial charge in [-0.3, -0.25) is 0 Å². The highest BCUT2D eigenvalue weighted by atomic mass is 19.2. The molecule has 0 saturated heterocycles. The average molecular weight is 219 g/mol. The molecule has 82 valence electrons. The van der Waals surface area contributed by atoms with Crippen LogP contribution in [0.3, 0.4) is 0 Å². The van der Waals surface area contributed by atoms with Crippen LogP contribution in [-0.2, 0) is 0 Å². The number of hydrogen-bond donors (Lipinski definition) is 1. The Morgan fingerprint density at radius 3 is 2.07 bits per heavy atom. The molecule has 0 saturated carbocycles. The molecular formula is C10H9F4N. The van der Waals surface area contributed by atoms with Gasteiger partial charge in [-0.2, -0.15) is 0 Å². The van der Waals surface area contributed by atoms with Gasteiger partial charge in [-0.25, -0.2) is 17.6 Å². The molecule has 0 fully saturated rings. The maximum absolute atomic E-state index is 13.0. The molecule has 0 aliphatic heterocycles. The lowest BCUT2D eigenvalue weighted by Gasteiger charge is -2.09. The summed E-state index contributed by atoms with van der Waals surface area (Å²) in [6, 6.07) is 0.163. The van der Waals surface area contributed by atoms with E-state index in [0.717, 1.165) is 0 Å². The van der Waals surface area contributed by atoms with Crippen LogP contribution in [0.15, 0.2) is 18.2 Å². The van der Waals surface area contributed by atoms with Gasteiger partial charge in [-0.1, -0.05) is 12.2 Å². The van der Waals surface area contributed by atoms with Gasteiger partial charge in [0.15, 0.2) is 23.3 Å². The van der Waals surface area contributed by atoms with Crippen LogP contribution in [0.1, 0.15) is 6.92 Å². The summed E-state index contributed by atoms with van der Waals surface area (Å²) in [5.74, 6) is -5.73. The van der Waals surface area contributed by atoms with Crippen molar-refractivity contribution in [2.24, 2.45) is 0 Å². The number of hydrogen-bond acceptors (Lipinski definition) is 1. The highest BCUT2D eigenvalue weighted by Crippen LogP contribution is 2.24. The third-order valence-electron chi connectivity index (χ3n) is 1.68. The van der Waals surface area contributed by atoms with Crippen LogP contribution >= 0.6 is 0 Å². The van der Waals surface area contributed by atoms with Crippen molar-refractivity contribution in [3.05, 3.63) is 41.5 Å². The van der Waals surface area contributed by atoms with Crippen LogP contribution in [0.2, 0.25) is 0 Å². The van der Waals surface area contributed by atoms with Crippen LogP contribution in [-0.4, -0.2) is 6.54 Å². The van der Waals surface area contributed by atoms with Gasteiger partial charge in [-0.15, -0.1) is 0 Å². The maximum atomic E-state index is 13.0. The van der Waals surface area contributed by atoms with Gasteiger partial charge in [0.25, 0.3) is 0 Å². The topological polar surface area (TPSA) is 12.0 Å². The monoisotopic (exact) mass is 219 g/mol. The minimum absolute atomic E-state index is 0.0384. The minimum atomic E-state index is -1.44. The molecule has 0 unspecified atom stereocenters. The second-order valence-corrected chi connectivity index (χ2v) is 3.15. The number of benzene rings is 1. The second kappa shape index (κ2) is 4.33. The number of nitrogens with one attached hydrogen (secondary N) is 1. The van der Waals surface area contributed by atoms with Gasteiger partial charge in [0, 0.05) is 12.6 Å². The van der Waals surface area contributed by atoms with Gasteiger partial charge < -0.3 is 5.32 Å². The third kappa shape index (κ3) is 2.49. The van der Waals surface area contributed by atoms with Crippen molar-refractivity contribution in [2.45, 2.75) is 6.92 Å². The maximum Gasteiger partial charge on any atom is 0.185 e. The van der Waals surface area contributed by atoms with Crippen LogP contribution in [0.4, 0.5) is 23.2 Å². The average Bonchev–Trinajstić information content (AvgIpc) is 2.14. The summed E-state index contributed by atoms with van der Waals surface area (Å²) in [5, 5.41) is 2.23. The van der Waals surface area contributed by atoms with Crippen molar-refractivity contribution in [1.29, 1.82) is 0 Å². The van der Waals surface area contributed by atoms with Crippen LogP contribution in [0.5, 0.6) is 0 Å².